The number of rotatable bonds is 9. The van der Waals surface area contributed by atoms with Crippen molar-refractivity contribution in [2.45, 2.75) is 32.0 Å². The number of nitrogen functional groups attached to an aromatic ring is 1. The molecular formula is C29H32N6O4. The summed E-state index contributed by atoms with van der Waals surface area (Å²) in [5.41, 5.74) is 16.7. The molecular weight excluding hydrogens is 496 g/mol. The molecule has 5 rings (SSSR count). The molecule has 2 aromatic carbocycles. The Morgan fingerprint density at radius 2 is 1.74 bits per heavy atom. The number of hydrogen-bond donors (Lipinski definition) is 3. The smallest absolute Gasteiger partial charge is 0.303 e. The molecule has 39 heavy (non-hydrogen) atoms. The largest absolute Gasteiger partial charge is 0.481 e. The predicted octanol–water partition coefficient (Wildman–Crippen LogP) is 2.33. The number of carbonyl (C=O) groups excluding carboxylic acids is 2. The Kier molecular flexibility index (Phi) is 7.47. The molecule has 0 bridgehead atoms. The van der Waals surface area contributed by atoms with Gasteiger partial charge >= 0.3 is 5.97 Å². The summed E-state index contributed by atoms with van der Waals surface area (Å²) in [6, 6.07) is 18.8. The van der Waals surface area contributed by atoms with Gasteiger partial charge in [0, 0.05) is 68.6 Å². The van der Waals surface area contributed by atoms with E-state index in [1.165, 1.54) is 10.5 Å². The molecule has 3 heterocycles. The molecule has 2 amide bonds. The Morgan fingerprint density at radius 3 is 2.44 bits per heavy atom. The molecule has 3 aromatic rings. The predicted molar refractivity (Wildman–Crippen MR) is 148 cm³/mol. The second-order valence-electron chi connectivity index (χ2n) is 10.0. The number of carboxylic acids is 1. The lowest BCUT2D eigenvalue weighted by atomic mass is 10.0. The quantitative estimate of drug-likeness (QED) is 0.384. The van der Waals surface area contributed by atoms with Gasteiger partial charge in [-0.15, -0.1) is 0 Å². The average Bonchev–Trinajstić information content (AvgIpc) is 3.24. The van der Waals surface area contributed by atoms with E-state index in [9.17, 15) is 14.4 Å². The molecule has 1 unspecified atom stereocenters. The van der Waals surface area contributed by atoms with E-state index < -0.39 is 17.9 Å². The molecule has 1 saturated heterocycles. The zero-order chi connectivity index (χ0) is 27.5. The normalized spacial score (nSPS) is 16.3. The highest BCUT2D eigenvalue weighted by Gasteiger charge is 2.35. The van der Waals surface area contributed by atoms with E-state index in [0.29, 0.717) is 17.1 Å². The first kappa shape index (κ1) is 26.2. The highest BCUT2D eigenvalue weighted by atomic mass is 16.4. The molecule has 1 aromatic heterocycles. The average molecular weight is 529 g/mol. The lowest BCUT2D eigenvalue weighted by molar-refractivity contribution is -0.137. The molecule has 1 fully saturated rings. The van der Waals surface area contributed by atoms with E-state index in [1.807, 2.05) is 30.3 Å². The van der Waals surface area contributed by atoms with Crippen LogP contribution in [0, 0.1) is 0 Å². The maximum absolute atomic E-state index is 13.0. The zero-order valence-electron chi connectivity index (χ0n) is 21.6. The second-order valence-corrected chi connectivity index (χ2v) is 10.0. The van der Waals surface area contributed by atoms with Crippen molar-refractivity contribution in [1.29, 1.82) is 0 Å². The maximum Gasteiger partial charge on any atom is 0.303 e. The molecule has 10 nitrogen and oxygen atoms in total. The monoisotopic (exact) mass is 528 g/mol. The summed E-state index contributed by atoms with van der Waals surface area (Å²) in [7, 11) is 0. The molecule has 1 atom stereocenters. The Bertz CT molecular complexity index is 1390. The number of aromatic nitrogens is 1. The second kappa shape index (κ2) is 11.1. The van der Waals surface area contributed by atoms with Crippen molar-refractivity contribution in [2.75, 3.05) is 36.8 Å². The Balaban J connectivity index is 1.30. The molecule has 0 radical (unpaired) electrons. The maximum atomic E-state index is 13.0. The summed E-state index contributed by atoms with van der Waals surface area (Å²) in [6.07, 6.45) is -0.286. The highest BCUT2D eigenvalue weighted by molar-refractivity contribution is 6.01. The number of carboxylic acid groups (broad SMARTS) is 1. The van der Waals surface area contributed by atoms with Crippen molar-refractivity contribution in [3.63, 3.8) is 0 Å². The van der Waals surface area contributed by atoms with Gasteiger partial charge in [0.15, 0.2) is 0 Å². The lowest BCUT2D eigenvalue weighted by Gasteiger charge is -2.36. The van der Waals surface area contributed by atoms with Gasteiger partial charge in [-0.2, -0.15) is 0 Å². The van der Waals surface area contributed by atoms with Crippen LogP contribution >= 0.6 is 0 Å². The van der Waals surface area contributed by atoms with Crippen molar-refractivity contribution in [3.8, 4) is 11.3 Å². The van der Waals surface area contributed by atoms with Crippen LogP contribution in [-0.2, 0) is 22.7 Å². The molecule has 5 N–H and O–H groups in total. The molecule has 0 aliphatic carbocycles. The zero-order valence-corrected chi connectivity index (χ0v) is 21.6. The number of fused-ring (bicyclic) bond motifs is 1. The number of amides is 2. The first-order valence-electron chi connectivity index (χ1n) is 13.0. The number of pyridine rings is 1. The van der Waals surface area contributed by atoms with Crippen LogP contribution in [0.3, 0.4) is 0 Å². The number of carbonyl (C=O) groups is 3. The van der Waals surface area contributed by atoms with Gasteiger partial charge in [-0.1, -0.05) is 36.4 Å². The molecule has 202 valence electrons. The van der Waals surface area contributed by atoms with E-state index in [1.54, 1.807) is 6.07 Å². The summed E-state index contributed by atoms with van der Waals surface area (Å²) < 4.78 is 0. The van der Waals surface area contributed by atoms with Crippen LogP contribution in [0.2, 0.25) is 0 Å². The molecule has 0 spiro atoms. The van der Waals surface area contributed by atoms with E-state index in [0.717, 1.165) is 49.5 Å². The summed E-state index contributed by atoms with van der Waals surface area (Å²) in [5, 5.41) is 9.02. The van der Waals surface area contributed by atoms with Crippen molar-refractivity contribution in [3.05, 3.63) is 77.4 Å². The van der Waals surface area contributed by atoms with Crippen LogP contribution in [0.4, 0.5) is 11.5 Å². The summed E-state index contributed by atoms with van der Waals surface area (Å²) in [5.74, 6) is -1.69. The fourth-order valence-electron chi connectivity index (χ4n) is 5.34. The Hall–Kier alpha value is -4.44. The van der Waals surface area contributed by atoms with Crippen LogP contribution in [0.5, 0.6) is 0 Å². The van der Waals surface area contributed by atoms with Crippen LogP contribution in [0.1, 0.15) is 34.3 Å². The number of aliphatic carboxylic acids is 1. The van der Waals surface area contributed by atoms with Crippen LogP contribution in [0.15, 0.2) is 60.7 Å². The summed E-state index contributed by atoms with van der Waals surface area (Å²) in [6.45, 7) is 4.71. The van der Waals surface area contributed by atoms with E-state index in [2.05, 4.69) is 39.0 Å². The third-order valence-corrected chi connectivity index (χ3v) is 7.39. The van der Waals surface area contributed by atoms with Crippen molar-refractivity contribution < 1.29 is 19.5 Å². The van der Waals surface area contributed by atoms with E-state index in [4.69, 9.17) is 16.6 Å². The number of benzene rings is 2. The van der Waals surface area contributed by atoms with Crippen LogP contribution < -0.4 is 16.4 Å². The number of piperazine rings is 1. The number of primary amides is 1. The first-order chi connectivity index (χ1) is 18.8. The fraction of sp³-hybridized carbons (Fsp3) is 0.310. The minimum absolute atomic E-state index is 0.0317. The van der Waals surface area contributed by atoms with Crippen molar-refractivity contribution in [1.82, 2.24) is 14.8 Å². The fourth-order valence-corrected chi connectivity index (χ4v) is 5.34. The van der Waals surface area contributed by atoms with Crippen LogP contribution in [-0.4, -0.2) is 69.9 Å². The number of hydrogen-bond acceptors (Lipinski definition) is 7. The van der Waals surface area contributed by atoms with Crippen LogP contribution in [0.25, 0.3) is 11.3 Å². The highest BCUT2D eigenvalue weighted by Crippen LogP contribution is 2.32. The standard InChI is InChI=1S/C29H32N6O4/c30-26-16-22(34-12-10-33(11-13-34)17-19-4-2-1-3-5-19)15-24(32-26)20-6-7-23-21(14-20)18-35(29(23)39)25(28(31)38)8-9-27(36)37/h1-7,14-16,25H,8-13,17-18H2,(H2,30,32)(H2,31,38)(H,36,37). The lowest BCUT2D eigenvalue weighted by Crippen LogP contribution is -2.46. The number of nitrogens with two attached hydrogens (primary N) is 2. The Morgan fingerprint density at radius 1 is 1.00 bits per heavy atom. The molecule has 0 saturated carbocycles. The van der Waals surface area contributed by atoms with E-state index >= 15 is 0 Å². The number of nitrogens with zero attached hydrogens (tertiary/aromatic N) is 4. The van der Waals surface area contributed by atoms with Crippen molar-refractivity contribution in [2.24, 2.45) is 5.73 Å². The van der Waals surface area contributed by atoms with Gasteiger partial charge in [0.1, 0.15) is 11.9 Å². The SMILES string of the molecule is NC(=O)C(CCC(=O)O)N1Cc2cc(-c3cc(N4CCN(Cc5ccccc5)CC4)cc(N)n3)ccc2C1=O. The van der Waals surface area contributed by atoms with Gasteiger partial charge in [0.2, 0.25) is 5.91 Å². The van der Waals surface area contributed by atoms with Gasteiger partial charge in [-0.25, -0.2) is 4.98 Å². The minimum atomic E-state index is -1.05. The molecule has 2 aliphatic rings. The minimum Gasteiger partial charge on any atom is -0.481 e. The van der Waals surface area contributed by atoms with Gasteiger partial charge < -0.3 is 26.4 Å². The summed E-state index contributed by atoms with van der Waals surface area (Å²) in [4.78, 5) is 46.7. The summed E-state index contributed by atoms with van der Waals surface area (Å²) >= 11 is 0. The third-order valence-electron chi connectivity index (χ3n) is 7.39. The molecule has 10 heteroatoms. The number of anilines is 2. The first-order valence-corrected chi connectivity index (χ1v) is 13.0. The third kappa shape index (κ3) is 5.85. The van der Waals surface area contributed by atoms with Crippen molar-refractivity contribution >= 4 is 29.3 Å². The van der Waals surface area contributed by atoms with Gasteiger partial charge in [0.05, 0.1) is 5.69 Å². The Labute approximate surface area is 226 Å². The van der Waals surface area contributed by atoms with E-state index in [-0.39, 0.29) is 25.3 Å². The topological polar surface area (TPSA) is 146 Å². The molecule has 2 aliphatic heterocycles. The van der Waals surface area contributed by atoms with Gasteiger partial charge in [-0.3, -0.25) is 19.3 Å². The van der Waals surface area contributed by atoms with Gasteiger partial charge in [0.25, 0.3) is 5.91 Å². The van der Waals surface area contributed by atoms with Gasteiger partial charge in [-0.05, 0) is 35.7 Å².